The Bertz CT molecular complexity index is 1500. The van der Waals surface area contributed by atoms with Gasteiger partial charge in [-0.1, -0.05) is 66.0 Å². The lowest BCUT2D eigenvalue weighted by atomic mass is 10.0. The number of aromatic nitrogens is 1. The molecule has 0 N–H and O–H groups in total. The van der Waals surface area contributed by atoms with Gasteiger partial charge in [0.25, 0.3) is 5.56 Å². The Hall–Kier alpha value is -4.04. The minimum Gasteiger partial charge on any atom is -0.463 e. The maximum atomic E-state index is 13.5. The Morgan fingerprint density at radius 1 is 1.09 bits per heavy atom. The predicted molar refractivity (Wildman–Crippen MR) is 135 cm³/mol. The average molecular weight is 489 g/mol. The maximum Gasteiger partial charge on any atom is 0.338 e. The van der Waals surface area contributed by atoms with E-state index in [0.29, 0.717) is 26.4 Å². The fourth-order valence-electron chi connectivity index (χ4n) is 3.73. The van der Waals surface area contributed by atoms with E-state index in [2.05, 4.69) is 4.99 Å². The van der Waals surface area contributed by atoms with E-state index >= 15 is 0 Å². The van der Waals surface area contributed by atoms with Crippen LogP contribution in [0.3, 0.4) is 0 Å². The summed E-state index contributed by atoms with van der Waals surface area (Å²) in [7, 11) is 0. The molecule has 1 atom stereocenters. The van der Waals surface area contributed by atoms with Crippen molar-refractivity contribution in [3.63, 3.8) is 0 Å². The molecule has 2 heterocycles. The molecule has 0 saturated carbocycles. The summed E-state index contributed by atoms with van der Waals surface area (Å²) in [5.41, 5.74) is 2.31. The Morgan fingerprint density at radius 2 is 1.80 bits per heavy atom. The van der Waals surface area contributed by atoms with Gasteiger partial charge in [0.1, 0.15) is 5.75 Å². The SMILES string of the molecule is CCOC(=O)C1=C(C)N=c2s/c(=C/c3ccc(OC(C)=O)cc3)c(=O)n2[C@H]1/C=C\c1ccccc1. The number of benzene rings is 2. The van der Waals surface area contributed by atoms with E-state index in [1.165, 1.54) is 22.8 Å². The minimum absolute atomic E-state index is 0.221. The fourth-order valence-corrected chi connectivity index (χ4v) is 4.79. The second-order valence-electron chi connectivity index (χ2n) is 7.78. The van der Waals surface area contributed by atoms with Gasteiger partial charge in [0.15, 0.2) is 4.80 Å². The third kappa shape index (κ3) is 5.38. The van der Waals surface area contributed by atoms with Crippen LogP contribution in [0.25, 0.3) is 12.2 Å². The first-order valence-corrected chi connectivity index (χ1v) is 11.9. The lowest BCUT2D eigenvalue weighted by molar-refractivity contribution is -0.139. The molecular formula is C27H24N2O5S. The summed E-state index contributed by atoms with van der Waals surface area (Å²) in [5, 5.41) is 0. The van der Waals surface area contributed by atoms with Gasteiger partial charge in [-0.15, -0.1) is 0 Å². The van der Waals surface area contributed by atoms with E-state index in [-0.39, 0.29) is 12.2 Å². The largest absolute Gasteiger partial charge is 0.463 e. The van der Waals surface area contributed by atoms with Crippen LogP contribution < -0.4 is 19.6 Å². The molecule has 1 aromatic heterocycles. The Labute approximate surface area is 206 Å². The molecule has 4 rings (SSSR count). The Kier molecular flexibility index (Phi) is 7.22. The molecule has 0 saturated heterocycles. The van der Waals surface area contributed by atoms with E-state index in [9.17, 15) is 14.4 Å². The number of rotatable bonds is 6. The fraction of sp³-hybridized carbons (Fsp3) is 0.185. The topological polar surface area (TPSA) is 87.0 Å². The maximum absolute atomic E-state index is 13.5. The lowest BCUT2D eigenvalue weighted by Gasteiger charge is -2.21. The van der Waals surface area contributed by atoms with Crippen LogP contribution in [0.2, 0.25) is 0 Å². The van der Waals surface area contributed by atoms with Gasteiger partial charge in [0.05, 0.1) is 28.5 Å². The zero-order valence-corrected chi connectivity index (χ0v) is 20.4. The number of fused-ring (bicyclic) bond motifs is 1. The van der Waals surface area contributed by atoms with Crippen LogP contribution in [0.4, 0.5) is 0 Å². The van der Waals surface area contributed by atoms with E-state index < -0.39 is 18.0 Å². The van der Waals surface area contributed by atoms with Gasteiger partial charge in [-0.2, -0.15) is 0 Å². The standard InChI is InChI=1S/C27H24N2O5S/c1-4-33-26(32)24-17(2)28-27-29(22(24)15-12-19-8-6-5-7-9-19)25(31)23(35-27)16-20-10-13-21(14-11-20)34-18(3)30/h5-16,22H,4H2,1-3H3/b15-12-,23-16+/t22-/m0/s1. The molecule has 35 heavy (non-hydrogen) atoms. The molecule has 0 radical (unpaired) electrons. The lowest BCUT2D eigenvalue weighted by Crippen LogP contribution is -2.38. The van der Waals surface area contributed by atoms with Crippen LogP contribution in [-0.4, -0.2) is 23.1 Å². The molecule has 1 aliphatic rings. The van der Waals surface area contributed by atoms with Crippen LogP contribution >= 0.6 is 11.3 Å². The molecule has 3 aromatic rings. The highest BCUT2D eigenvalue weighted by Crippen LogP contribution is 2.26. The third-order valence-corrected chi connectivity index (χ3v) is 6.25. The zero-order valence-electron chi connectivity index (χ0n) is 19.6. The van der Waals surface area contributed by atoms with Crippen molar-refractivity contribution < 1.29 is 19.1 Å². The number of allylic oxidation sites excluding steroid dienone is 2. The number of thiazole rings is 1. The van der Waals surface area contributed by atoms with Gasteiger partial charge >= 0.3 is 11.9 Å². The first-order chi connectivity index (χ1) is 16.9. The van der Waals surface area contributed by atoms with Crippen LogP contribution in [0.15, 0.2) is 81.7 Å². The molecule has 8 heteroatoms. The molecule has 0 spiro atoms. The number of carbonyl (C=O) groups is 2. The van der Waals surface area contributed by atoms with Crippen molar-refractivity contribution >= 4 is 35.4 Å². The molecule has 0 amide bonds. The van der Waals surface area contributed by atoms with Gasteiger partial charge in [-0.3, -0.25) is 14.2 Å². The first kappa shape index (κ1) is 24.1. The molecule has 7 nitrogen and oxygen atoms in total. The molecule has 1 aliphatic heterocycles. The zero-order chi connectivity index (χ0) is 24.9. The number of carbonyl (C=O) groups excluding carboxylic acids is 2. The second-order valence-corrected chi connectivity index (χ2v) is 8.79. The van der Waals surface area contributed by atoms with E-state index in [1.807, 2.05) is 42.5 Å². The molecule has 0 bridgehead atoms. The number of hydrogen-bond acceptors (Lipinski definition) is 7. The number of esters is 2. The predicted octanol–water partition coefficient (Wildman–Crippen LogP) is 3.39. The summed E-state index contributed by atoms with van der Waals surface area (Å²) in [5.74, 6) is -0.467. The smallest absolute Gasteiger partial charge is 0.338 e. The average Bonchev–Trinajstić information content (AvgIpc) is 3.13. The summed E-state index contributed by atoms with van der Waals surface area (Å²) >= 11 is 1.25. The Morgan fingerprint density at radius 3 is 2.46 bits per heavy atom. The number of ether oxygens (including phenoxy) is 2. The molecule has 0 fully saturated rings. The van der Waals surface area contributed by atoms with Crippen LogP contribution in [0.1, 0.15) is 37.9 Å². The molecular weight excluding hydrogens is 464 g/mol. The molecule has 0 unspecified atom stereocenters. The molecule has 0 aliphatic carbocycles. The molecule has 178 valence electrons. The summed E-state index contributed by atoms with van der Waals surface area (Å²) in [6.07, 6.45) is 5.46. The summed E-state index contributed by atoms with van der Waals surface area (Å²) in [6.45, 7) is 5.05. The minimum atomic E-state index is -0.654. The van der Waals surface area contributed by atoms with Crippen molar-refractivity contribution in [1.82, 2.24) is 4.57 Å². The van der Waals surface area contributed by atoms with E-state index in [4.69, 9.17) is 9.47 Å². The van der Waals surface area contributed by atoms with Crippen LogP contribution in [-0.2, 0) is 14.3 Å². The van der Waals surface area contributed by atoms with Gasteiger partial charge < -0.3 is 9.47 Å². The van der Waals surface area contributed by atoms with Crippen molar-refractivity contribution in [2.75, 3.05) is 6.61 Å². The molecule has 2 aromatic carbocycles. The first-order valence-electron chi connectivity index (χ1n) is 11.1. The summed E-state index contributed by atoms with van der Waals surface area (Å²) in [4.78, 5) is 42.5. The summed E-state index contributed by atoms with van der Waals surface area (Å²) < 4.78 is 12.4. The highest BCUT2D eigenvalue weighted by molar-refractivity contribution is 7.07. The highest BCUT2D eigenvalue weighted by Gasteiger charge is 2.30. The van der Waals surface area contributed by atoms with Crippen LogP contribution in [0.5, 0.6) is 5.75 Å². The quantitative estimate of drug-likeness (QED) is 0.392. The van der Waals surface area contributed by atoms with E-state index in [0.717, 1.165) is 11.1 Å². The van der Waals surface area contributed by atoms with E-state index in [1.54, 1.807) is 44.2 Å². The Balaban J connectivity index is 1.80. The highest BCUT2D eigenvalue weighted by atomic mass is 32.1. The second kappa shape index (κ2) is 10.5. The monoisotopic (exact) mass is 488 g/mol. The normalized spacial score (nSPS) is 15.6. The van der Waals surface area contributed by atoms with Gasteiger partial charge in [-0.05, 0) is 43.2 Å². The third-order valence-electron chi connectivity index (χ3n) is 5.27. The van der Waals surface area contributed by atoms with Gasteiger partial charge in [-0.25, -0.2) is 9.79 Å². The number of nitrogens with zero attached hydrogens (tertiary/aromatic N) is 2. The van der Waals surface area contributed by atoms with Crippen molar-refractivity contribution in [3.05, 3.63) is 103 Å². The summed E-state index contributed by atoms with van der Waals surface area (Å²) in [6, 6.07) is 15.9. The van der Waals surface area contributed by atoms with Gasteiger partial charge in [0.2, 0.25) is 0 Å². The van der Waals surface area contributed by atoms with Gasteiger partial charge in [0, 0.05) is 6.92 Å². The van der Waals surface area contributed by atoms with Crippen LogP contribution in [0, 0.1) is 0 Å². The van der Waals surface area contributed by atoms with Crippen molar-refractivity contribution in [2.24, 2.45) is 4.99 Å². The number of hydrogen-bond donors (Lipinski definition) is 0. The van der Waals surface area contributed by atoms with Crippen molar-refractivity contribution in [3.8, 4) is 5.75 Å². The van der Waals surface area contributed by atoms with Crippen molar-refractivity contribution in [2.45, 2.75) is 26.8 Å². The van der Waals surface area contributed by atoms with Crippen molar-refractivity contribution in [1.29, 1.82) is 0 Å².